The molecule has 1 aliphatic rings. The molecule has 20 heavy (non-hydrogen) atoms. The Morgan fingerprint density at radius 3 is 2.60 bits per heavy atom. The number of piperidine rings is 1. The summed E-state index contributed by atoms with van der Waals surface area (Å²) in [5.74, 6) is 1.62. The van der Waals surface area contributed by atoms with Crippen LogP contribution in [0.2, 0.25) is 0 Å². The molecule has 0 atom stereocenters. The molecule has 0 amide bonds. The van der Waals surface area contributed by atoms with Gasteiger partial charge in [-0.25, -0.2) is 4.68 Å². The minimum atomic E-state index is 0.759. The first-order valence-electron chi connectivity index (χ1n) is 7.34. The third kappa shape index (κ3) is 2.70. The summed E-state index contributed by atoms with van der Waals surface area (Å²) in [6.07, 6.45) is 4.47. The Labute approximate surface area is 120 Å². The Morgan fingerprint density at radius 2 is 1.90 bits per heavy atom. The van der Waals surface area contributed by atoms with E-state index in [-0.39, 0.29) is 0 Å². The minimum Gasteiger partial charge on any atom is -0.383 e. The fourth-order valence-corrected chi connectivity index (χ4v) is 2.75. The van der Waals surface area contributed by atoms with Gasteiger partial charge in [0.05, 0.1) is 11.9 Å². The van der Waals surface area contributed by atoms with Crippen LogP contribution in [-0.2, 0) is 6.54 Å². The van der Waals surface area contributed by atoms with Crippen molar-refractivity contribution in [2.24, 2.45) is 5.92 Å². The lowest BCUT2D eigenvalue weighted by atomic mass is 9.99. The van der Waals surface area contributed by atoms with E-state index in [9.17, 15) is 0 Å². The molecule has 3 rings (SSSR count). The van der Waals surface area contributed by atoms with E-state index in [1.807, 2.05) is 41.2 Å². The molecule has 4 heteroatoms. The Kier molecular flexibility index (Phi) is 3.74. The third-order valence-electron chi connectivity index (χ3n) is 4.16. The van der Waals surface area contributed by atoms with Crippen molar-refractivity contribution in [2.75, 3.05) is 18.8 Å². The van der Waals surface area contributed by atoms with Crippen molar-refractivity contribution >= 4 is 5.82 Å². The quantitative estimate of drug-likeness (QED) is 0.932. The Balaban J connectivity index is 1.74. The summed E-state index contributed by atoms with van der Waals surface area (Å²) >= 11 is 0. The van der Waals surface area contributed by atoms with Crippen molar-refractivity contribution in [3.05, 3.63) is 42.1 Å². The molecular weight excluding hydrogens is 248 g/mol. The van der Waals surface area contributed by atoms with Crippen LogP contribution in [0.3, 0.4) is 0 Å². The van der Waals surface area contributed by atoms with Crippen LogP contribution in [0.4, 0.5) is 5.82 Å². The van der Waals surface area contributed by atoms with Crippen LogP contribution in [0.25, 0.3) is 5.69 Å². The number of para-hydroxylation sites is 1. The Hall–Kier alpha value is -1.81. The minimum absolute atomic E-state index is 0.759. The van der Waals surface area contributed by atoms with Crippen LogP contribution in [0, 0.1) is 5.92 Å². The van der Waals surface area contributed by atoms with Crippen molar-refractivity contribution in [3.63, 3.8) is 0 Å². The number of aromatic nitrogens is 2. The Bertz CT molecular complexity index is 553. The molecular formula is C16H22N4. The molecule has 2 N–H and O–H groups in total. The van der Waals surface area contributed by atoms with E-state index < -0.39 is 0 Å². The summed E-state index contributed by atoms with van der Waals surface area (Å²) in [6.45, 7) is 5.57. The van der Waals surface area contributed by atoms with Crippen LogP contribution in [0.1, 0.15) is 25.3 Å². The molecule has 4 nitrogen and oxygen atoms in total. The van der Waals surface area contributed by atoms with Crippen molar-refractivity contribution in [3.8, 4) is 5.69 Å². The number of benzene rings is 1. The van der Waals surface area contributed by atoms with E-state index in [1.54, 1.807) is 0 Å². The van der Waals surface area contributed by atoms with Gasteiger partial charge in [-0.15, -0.1) is 0 Å². The summed E-state index contributed by atoms with van der Waals surface area (Å²) in [4.78, 5) is 2.47. The maximum Gasteiger partial charge on any atom is 0.131 e. The van der Waals surface area contributed by atoms with Gasteiger partial charge in [-0.2, -0.15) is 5.10 Å². The summed E-state index contributed by atoms with van der Waals surface area (Å²) in [7, 11) is 0. The molecule has 0 saturated carbocycles. The second-order valence-corrected chi connectivity index (χ2v) is 5.76. The summed E-state index contributed by atoms with van der Waals surface area (Å²) in [6, 6.07) is 10.1. The van der Waals surface area contributed by atoms with E-state index in [1.165, 1.54) is 12.8 Å². The highest BCUT2D eigenvalue weighted by Crippen LogP contribution is 2.22. The van der Waals surface area contributed by atoms with Crippen molar-refractivity contribution in [1.82, 2.24) is 14.7 Å². The highest BCUT2D eigenvalue weighted by Gasteiger charge is 2.18. The first kappa shape index (κ1) is 13.2. The molecule has 2 aromatic rings. The van der Waals surface area contributed by atoms with Gasteiger partial charge in [-0.3, -0.25) is 4.90 Å². The van der Waals surface area contributed by atoms with Crippen LogP contribution in [0.5, 0.6) is 0 Å². The largest absolute Gasteiger partial charge is 0.383 e. The standard InChI is InChI=1S/C16H22N4/c1-13-7-9-19(10-8-13)12-14-11-18-20(16(14)17)15-5-3-2-4-6-15/h2-6,11,13H,7-10,12,17H2,1H3. The van der Waals surface area contributed by atoms with Gasteiger partial charge in [0.1, 0.15) is 5.82 Å². The molecule has 106 valence electrons. The molecule has 0 spiro atoms. The summed E-state index contributed by atoms with van der Waals surface area (Å²) in [5, 5.41) is 4.43. The van der Waals surface area contributed by atoms with E-state index in [0.29, 0.717) is 0 Å². The smallest absolute Gasteiger partial charge is 0.131 e. The zero-order valence-corrected chi connectivity index (χ0v) is 12.0. The molecule has 0 unspecified atom stereocenters. The average molecular weight is 270 g/mol. The molecule has 1 saturated heterocycles. The highest BCUT2D eigenvalue weighted by atomic mass is 15.3. The first-order chi connectivity index (χ1) is 9.74. The van der Waals surface area contributed by atoms with E-state index >= 15 is 0 Å². The molecule has 1 aromatic carbocycles. The summed E-state index contributed by atoms with van der Waals surface area (Å²) < 4.78 is 1.82. The lowest BCUT2D eigenvalue weighted by Crippen LogP contribution is -2.32. The molecule has 0 aliphatic carbocycles. The van der Waals surface area contributed by atoms with Crippen LogP contribution < -0.4 is 5.73 Å². The number of nitrogens with two attached hydrogens (primary N) is 1. The van der Waals surface area contributed by atoms with Gasteiger partial charge in [-0.1, -0.05) is 25.1 Å². The number of anilines is 1. The van der Waals surface area contributed by atoms with Crippen molar-refractivity contribution in [2.45, 2.75) is 26.3 Å². The fraction of sp³-hybridized carbons (Fsp3) is 0.438. The first-order valence-corrected chi connectivity index (χ1v) is 7.34. The average Bonchev–Trinajstić information content (AvgIpc) is 2.84. The normalized spacial score (nSPS) is 17.4. The Morgan fingerprint density at radius 1 is 1.20 bits per heavy atom. The molecule has 1 aliphatic heterocycles. The third-order valence-corrected chi connectivity index (χ3v) is 4.16. The maximum absolute atomic E-state index is 6.25. The van der Waals surface area contributed by atoms with Crippen LogP contribution in [-0.4, -0.2) is 27.8 Å². The number of hydrogen-bond acceptors (Lipinski definition) is 3. The lowest BCUT2D eigenvalue weighted by molar-refractivity contribution is 0.185. The van der Waals surface area contributed by atoms with Gasteiger partial charge in [0.2, 0.25) is 0 Å². The molecule has 1 aromatic heterocycles. The molecule has 2 heterocycles. The second kappa shape index (κ2) is 5.67. The fourth-order valence-electron chi connectivity index (χ4n) is 2.75. The molecule has 0 radical (unpaired) electrons. The maximum atomic E-state index is 6.25. The number of rotatable bonds is 3. The van der Waals surface area contributed by atoms with Crippen LogP contribution >= 0.6 is 0 Å². The monoisotopic (exact) mass is 270 g/mol. The van der Waals surface area contributed by atoms with Gasteiger partial charge < -0.3 is 5.73 Å². The van der Waals surface area contributed by atoms with Crippen LogP contribution in [0.15, 0.2) is 36.5 Å². The van der Waals surface area contributed by atoms with Gasteiger partial charge in [0.15, 0.2) is 0 Å². The summed E-state index contributed by atoms with van der Waals surface area (Å²) in [5.41, 5.74) is 8.40. The highest BCUT2D eigenvalue weighted by molar-refractivity contribution is 5.46. The number of nitrogen functional groups attached to an aromatic ring is 1. The molecule has 1 fully saturated rings. The number of nitrogens with zero attached hydrogens (tertiary/aromatic N) is 3. The lowest BCUT2D eigenvalue weighted by Gasteiger charge is -2.29. The predicted molar refractivity (Wildman–Crippen MR) is 81.7 cm³/mol. The SMILES string of the molecule is CC1CCN(Cc2cnn(-c3ccccc3)c2N)CC1. The predicted octanol–water partition coefficient (Wildman–Crippen LogP) is 2.69. The topological polar surface area (TPSA) is 47.1 Å². The number of likely N-dealkylation sites (tertiary alicyclic amines) is 1. The second-order valence-electron chi connectivity index (χ2n) is 5.76. The van der Waals surface area contributed by atoms with Gasteiger partial charge in [-0.05, 0) is 44.0 Å². The van der Waals surface area contributed by atoms with Gasteiger partial charge in [0.25, 0.3) is 0 Å². The zero-order chi connectivity index (χ0) is 13.9. The zero-order valence-electron chi connectivity index (χ0n) is 12.0. The van der Waals surface area contributed by atoms with E-state index in [2.05, 4.69) is 16.9 Å². The molecule has 0 bridgehead atoms. The van der Waals surface area contributed by atoms with E-state index in [4.69, 9.17) is 5.73 Å². The van der Waals surface area contributed by atoms with Crippen molar-refractivity contribution < 1.29 is 0 Å². The van der Waals surface area contributed by atoms with Crippen molar-refractivity contribution in [1.29, 1.82) is 0 Å². The van der Waals surface area contributed by atoms with Gasteiger partial charge in [0, 0.05) is 12.1 Å². The van der Waals surface area contributed by atoms with E-state index in [0.717, 1.165) is 42.6 Å². The number of hydrogen-bond donors (Lipinski definition) is 1. The van der Waals surface area contributed by atoms with Gasteiger partial charge >= 0.3 is 0 Å².